The number of rotatable bonds is 4. The molecule has 0 spiro atoms. The van der Waals surface area contributed by atoms with Crippen LogP contribution >= 0.6 is 11.8 Å². The molecule has 0 unspecified atom stereocenters. The number of benzene rings is 1. The fourth-order valence-electron chi connectivity index (χ4n) is 1.27. The predicted octanol–water partition coefficient (Wildman–Crippen LogP) is 3.18. The molecule has 1 aromatic rings. The highest BCUT2D eigenvalue weighted by atomic mass is 32.2. The van der Waals surface area contributed by atoms with Crippen molar-refractivity contribution >= 4 is 23.0 Å². The quantitative estimate of drug-likeness (QED) is 0.822. The molecule has 1 rings (SSSR count). The Bertz CT molecular complexity index is 477. The fourth-order valence-corrected chi connectivity index (χ4v) is 1.70. The number of hydrogen-bond donors (Lipinski definition) is 0. The highest BCUT2D eigenvalue weighted by Gasteiger charge is 2.01. The van der Waals surface area contributed by atoms with Crippen LogP contribution in [0.15, 0.2) is 24.3 Å². The zero-order chi connectivity index (χ0) is 12.7. The fraction of sp³-hybridized carbons (Fsp3) is 0.231. The first-order chi connectivity index (χ1) is 8.13. The molecule has 0 radical (unpaired) electrons. The maximum atomic E-state index is 13.2. The largest absolute Gasteiger partial charge is 0.288 e. The van der Waals surface area contributed by atoms with Crippen LogP contribution in [0, 0.1) is 17.1 Å². The molecule has 0 bridgehead atoms. The maximum absolute atomic E-state index is 13.2. The van der Waals surface area contributed by atoms with Gasteiger partial charge in [-0.05, 0) is 17.7 Å². The molecule has 0 saturated heterocycles. The third-order valence-electron chi connectivity index (χ3n) is 2.03. The van der Waals surface area contributed by atoms with Gasteiger partial charge in [0, 0.05) is 18.2 Å². The van der Waals surface area contributed by atoms with Gasteiger partial charge >= 0.3 is 0 Å². The lowest BCUT2D eigenvalue weighted by molar-refractivity contribution is -0.109. The molecule has 2 nitrogen and oxygen atoms in total. The minimum absolute atomic E-state index is 0.0652. The van der Waals surface area contributed by atoms with E-state index in [9.17, 15) is 9.18 Å². The number of carbonyl (C=O) groups is 1. The summed E-state index contributed by atoms with van der Waals surface area (Å²) in [5, 5.41) is 8.60. The third-order valence-corrected chi connectivity index (χ3v) is 2.80. The lowest BCUT2D eigenvalue weighted by Crippen LogP contribution is -1.89. The van der Waals surface area contributed by atoms with Crippen LogP contribution in [0.5, 0.6) is 0 Å². The van der Waals surface area contributed by atoms with E-state index in [-0.39, 0.29) is 17.4 Å². The van der Waals surface area contributed by atoms with Gasteiger partial charge in [0.1, 0.15) is 5.82 Å². The molecular formula is C13H12FNOS. The predicted molar refractivity (Wildman–Crippen MR) is 67.9 cm³/mol. The molecule has 0 aliphatic heterocycles. The monoisotopic (exact) mass is 249 g/mol. The summed E-state index contributed by atoms with van der Waals surface area (Å²) in [6.45, 7) is 1.52. The van der Waals surface area contributed by atoms with E-state index >= 15 is 0 Å². The number of thioether (sulfide) groups is 1. The van der Waals surface area contributed by atoms with Gasteiger partial charge in [-0.3, -0.25) is 4.79 Å². The molecule has 0 aromatic heterocycles. The van der Waals surface area contributed by atoms with E-state index < -0.39 is 0 Å². The van der Waals surface area contributed by atoms with Gasteiger partial charge in [0.25, 0.3) is 0 Å². The molecule has 0 saturated carbocycles. The molecule has 1 aromatic carbocycles. The van der Waals surface area contributed by atoms with Gasteiger partial charge in [0.05, 0.1) is 12.5 Å². The first-order valence-corrected chi connectivity index (χ1v) is 6.07. The second-order valence-electron chi connectivity index (χ2n) is 3.39. The molecule has 0 heterocycles. The number of nitriles is 1. The Labute approximate surface area is 104 Å². The summed E-state index contributed by atoms with van der Waals surface area (Å²) < 4.78 is 13.2. The van der Waals surface area contributed by atoms with Crippen molar-refractivity contribution in [2.45, 2.75) is 13.3 Å². The number of hydrogen-bond acceptors (Lipinski definition) is 3. The first kappa shape index (κ1) is 13.5. The van der Waals surface area contributed by atoms with Crippen LogP contribution in [0.25, 0.3) is 6.08 Å². The van der Waals surface area contributed by atoms with E-state index in [0.29, 0.717) is 11.3 Å². The highest BCUT2D eigenvalue weighted by molar-refractivity contribution is 8.13. The van der Waals surface area contributed by atoms with Gasteiger partial charge in [0.15, 0.2) is 5.12 Å². The zero-order valence-electron chi connectivity index (χ0n) is 9.44. The van der Waals surface area contributed by atoms with Crippen molar-refractivity contribution in [2.75, 3.05) is 5.75 Å². The summed E-state index contributed by atoms with van der Waals surface area (Å²) in [6.07, 6.45) is 3.72. The summed E-state index contributed by atoms with van der Waals surface area (Å²) in [6, 6.07) is 6.56. The molecule has 0 amide bonds. The van der Waals surface area contributed by atoms with Gasteiger partial charge < -0.3 is 0 Å². The Hall–Kier alpha value is -1.60. The highest BCUT2D eigenvalue weighted by Crippen LogP contribution is 2.13. The molecule has 0 atom stereocenters. The van der Waals surface area contributed by atoms with Crippen molar-refractivity contribution in [3.05, 3.63) is 41.2 Å². The van der Waals surface area contributed by atoms with Crippen LogP contribution in [0.4, 0.5) is 4.39 Å². The normalized spacial score (nSPS) is 10.4. The molecule has 0 fully saturated rings. The summed E-state index contributed by atoms with van der Waals surface area (Å²) in [5.74, 6) is 0.238. The molecule has 0 aliphatic carbocycles. The summed E-state index contributed by atoms with van der Waals surface area (Å²) in [7, 11) is 0. The number of carbonyl (C=O) groups excluding carboxylic acids is 1. The topological polar surface area (TPSA) is 40.9 Å². The summed E-state index contributed by atoms with van der Waals surface area (Å²) in [5.41, 5.74) is 1.23. The molecule has 17 heavy (non-hydrogen) atoms. The molecule has 88 valence electrons. The Morgan fingerprint density at radius 2 is 2.35 bits per heavy atom. The van der Waals surface area contributed by atoms with E-state index in [1.54, 1.807) is 12.1 Å². The zero-order valence-corrected chi connectivity index (χ0v) is 10.3. The third kappa shape index (κ3) is 4.83. The van der Waals surface area contributed by atoms with E-state index in [1.165, 1.54) is 24.8 Å². The molecule has 0 aliphatic rings. The second kappa shape index (κ2) is 6.87. The van der Waals surface area contributed by atoms with Crippen molar-refractivity contribution < 1.29 is 9.18 Å². The van der Waals surface area contributed by atoms with E-state index in [4.69, 9.17) is 5.26 Å². The van der Waals surface area contributed by atoms with Gasteiger partial charge in [-0.25, -0.2) is 4.39 Å². The van der Waals surface area contributed by atoms with E-state index in [0.717, 1.165) is 5.56 Å². The number of halogens is 1. The second-order valence-corrected chi connectivity index (χ2v) is 4.59. The maximum Gasteiger partial charge on any atom is 0.186 e. The Morgan fingerprint density at radius 3 is 3.00 bits per heavy atom. The van der Waals surface area contributed by atoms with Crippen LogP contribution in [0.1, 0.15) is 18.1 Å². The minimum Gasteiger partial charge on any atom is -0.288 e. The van der Waals surface area contributed by atoms with Crippen molar-refractivity contribution in [1.82, 2.24) is 0 Å². The Balaban J connectivity index is 2.69. The van der Waals surface area contributed by atoms with E-state index in [1.807, 2.05) is 18.2 Å². The van der Waals surface area contributed by atoms with Crippen molar-refractivity contribution in [3.63, 3.8) is 0 Å². The molecule has 4 heteroatoms. The van der Waals surface area contributed by atoms with Crippen molar-refractivity contribution in [3.8, 4) is 6.07 Å². The molecular weight excluding hydrogens is 237 g/mol. The van der Waals surface area contributed by atoms with Crippen LogP contribution < -0.4 is 0 Å². The molecule has 0 N–H and O–H groups in total. The Morgan fingerprint density at radius 1 is 1.59 bits per heavy atom. The smallest absolute Gasteiger partial charge is 0.186 e. The van der Waals surface area contributed by atoms with Crippen LogP contribution in [0.2, 0.25) is 0 Å². The standard InChI is InChI=1S/C13H12FNOS/c1-10(16)17-8-2-3-11-4-5-13(14)12(9-11)6-7-15/h2-5,9H,6,8H2,1H3. The summed E-state index contributed by atoms with van der Waals surface area (Å²) in [4.78, 5) is 10.7. The van der Waals surface area contributed by atoms with E-state index in [2.05, 4.69) is 0 Å². The summed E-state index contributed by atoms with van der Waals surface area (Å²) >= 11 is 1.22. The lowest BCUT2D eigenvalue weighted by atomic mass is 10.1. The number of nitrogens with zero attached hydrogens (tertiary/aromatic N) is 1. The van der Waals surface area contributed by atoms with Gasteiger partial charge in [-0.15, -0.1) is 0 Å². The average molecular weight is 249 g/mol. The van der Waals surface area contributed by atoms with Gasteiger partial charge in [0.2, 0.25) is 0 Å². The lowest BCUT2D eigenvalue weighted by Gasteiger charge is -1.99. The van der Waals surface area contributed by atoms with Crippen LogP contribution in [-0.4, -0.2) is 10.9 Å². The average Bonchev–Trinajstić information content (AvgIpc) is 2.28. The first-order valence-electron chi connectivity index (χ1n) is 5.08. The van der Waals surface area contributed by atoms with Crippen LogP contribution in [0.3, 0.4) is 0 Å². The van der Waals surface area contributed by atoms with Crippen molar-refractivity contribution in [2.24, 2.45) is 0 Å². The van der Waals surface area contributed by atoms with Crippen LogP contribution in [-0.2, 0) is 11.2 Å². The van der Waals surface area contributed by atoms with Crippen molar-refractivity contribution in [1.29, 1.82) is 5.26 Å². The minimum atomic E-state index is -0.359. The van der Waals surface area contributed by atoms with Gasteiger partial charge in [-0.1, -0.05) is 30.0 Å². The Kier molecular flexibility index (Phi) is 5.44. The SMILES string of the molecule is CC(=O)SCC=Cc1ccc(F)c(CC#N)c1. The van der Waals surface area contributed by atoms with Gasteiger partial charge in [-0.2, -0.15) is 5.26 Å².